The number of nitrogens with zero attached hydrogens (tertiary/aromatic N) is 3. The van der Waals surface area contributed by atoms with Crippen LogP contribution in [0.15, 0.2) is 206 Å². The van der Waals surface area contributed by atoms with E-state index in [0.717, 1.165) is 86.1 Å². The Labute approximate surface area is 574 Å². The zero-order valence-electron chi connectivity index (χ0n) is 60.9. The predicted molar refractivity (Wildman–Crippen MR) is 409 cm³/mol. The second-order valence-electron chi connectivity index (χ2n) is 33.3. The minimum atomic E-state index is -2.47. The lowest BCUT2D eigenvalue weighted by Crippen LogP contribution is -2.60. The average Bonchev–Trinajstić information content (AvgIpc) is 1.49. The smallest absolute Gasteiger partial charge is 0.264 e. The number of rotatable bonds is 7. The van der Waals surface area contributed by atoms with Gasteiger partial charge in [-0.05, 0) is 235 Å². The summed E-state index contributed by atoms with van der Waals surface area (Å²) < 4.78 is 31.8. The Morgan fingerprint density at radius 3 is 1.71 bits per heavy atom. The summed E-state index contributed by atoms with van der Waals surface area (Å²) in [5.41, 5.74) is 28.2. The van der Waals surface area contributed by atoms with Crippen molar-refractivity contribution in [3.63, 3.8) is 0 Å². The lowest BCUT2D eigenvalue weighted by Gasteiger charge is -2.44. The number of hydrogen-bond donors (Lipinski definition) is 0. The van der Waals surface area contributed by atoms with Crippen molar-refractivity contribution in [3.05, 3.63) is 251 Å². The van der Waals surface area contributed by atoms with Crippen molar-refractivity contribution in [2.24, 2.45) is 11.8 Å². The van der Waals surface area contributed by atoms with E-state index in [1.807, 2.05) is 11.3 Å². The van der Waals surface area contributed by atoms with Crippen molar-refractivity contribution < 1.29 is 4.11 Å². The van der Waals surface area contributed by atoms with Crippen LogP contribution in [0.3, 0.4) is 0 Å². The van der Waals surface area contributed by atoms with E-state index >= 15 is 0 Å². The maximum Gasteiger partial charge on any atom is 0.264 e. The molecule has 2 fully saturated rings. The van der Waals surface area contributed by atoms with Gasteiger partial charge in [0.05, 0.1) is 17.1 Å². The fourth-order valence-corrected chi connectivity index (χ4v) is 19.9. The van der Waals surface area contributed by atoms with Gasteiger partial charge in [0.2, 0.25) is 0 Å². The van der Waals surface area contributed by atoms with Crippen LogP contribution in [0.25, 0.3) is 43.5 Å². The molecule has 1 spiro atoms. The van der Waals surface area contributed by atoms with Crippen LogP contribution in [0, 0.1) is 18.7 Å². The molecule has 95 heavy (non-hydrogen) atoms. The third-order valence-corrected chi connectivity index (χ3v) is 24.8. The van der Waals surface area contributed by atoms with E-state index in [4.69, 9.17) is 0 Å². The van der Waals surface area contributed by atoms with Gasteiger partial charge in [0.25, 0.3) is 6.71 Å². The molecule has 0 amide bonds. The second kappa shape index (κ2) is 21.1. The summed E-state index contributed by atoms with van der Waals surface area (Å²) in [4.78, 5) is 7.53. The van der Waals surface area contributed by atoms with Crippen LogP contribution in [-0.4, -0.2) is 6.71 Å². The topological polar surface area (TPSA) is 9.72 Å². The standard InChI is InChI=1S/C90H90BN3S/c1-55-46-79-82-80(47-55)94(77-31-23-20-27-67(77)57-48-61(86(5,6)7)50-62(49-57)87(8,9)10)78-52-65(92(63-38-36-58(37-39-63)85(2,3)4)76-30-22-19-26-66(76)56-24-16-15-17-25-56)41-43-75(78)91(82)84-83(70-53-73-74(54-81(70)95-84)89(13,14)45-44-88(73,11)12)93(79)64-40-42-69-68-28-18-21-29-71(68)90(72(69)51-64)59-32-33-60(90)35-34-59/h15-31,36-43,46-54,59-60H,32-35,44-45H2,1-14H3/i1D3. The van der Waals surface area contributed by atoms with E-state index in [1.54, 1.807) is 0 Å². The molecule has 3 heterocycles. The van der Waals surface area contributed by atoms with Gasteiger partial charge in [-0.3, -0.25) is 0 Å². The number of para-hydroxylation sites is 2. The molecule has 474 valence electrons. The van der Waals surface area contributed by atoms with Gasteiger partial charge in [-0.25, -0.2) is 0 Å². The van der Waals surface area contributed by atoms with Gasteiger partial charge < -0.3 is 14.7 Å². The number of aryl methyl sites for hydroxylation is 1. The van der Waals surface area contributed by atoms with Crippen LogP contribution in [0.4, 0.5) is 51.2 Å². The van der Waals surface area contributed by atoms with Gasteiger partial charge in [-0.15, -0.1) is 11.3 Å². The summed E-state index contributed by atoms with van der Waals surface area (Å²) in [7, 11) is 0. The Kier molecular flexibility index (Phi) is 12.6. The van der Waals surface area contributed by atoms with Gasteiger partial charge in [-0.1, -0.05) is 223 Å². The number of benzene rings is 10. The zero-order chi connectivity index (χ0) is 68.1. The summed E-state index contributed by atoms with van der Waals surface area (Å²) in [5, 5.41) is 1.24. The fraction of sp³-hybridized carbons (Fsp3) is 0.311. The van der Waals surface area contributed by atoms with Crippen molar-refractivity contribution in [1.29, 1.82) is 0 Å². The number of fused-ring (bicyclic) bond motifs is 10. The van der Waals surface area contributed by atoms with Crippen molar-refractivity contribution in [2.75, 3.05) is 14.7 Å². The Hall–Kier alpha value is -8.38. The predicted octanol–water partition coefficient (Wildman–Crippen LogP) is 23.4. The third kappa shape index (κ3) is 9.16. The molecule has 0 N–H and O–H groups in total. The van der Waals surface area contributed by atoms with Crippen molar-refractivity contribution in [3.8, 4) is 33.4 Å². The first kappa shape index (κ1) is 56.9. The molecule has 2 aliphatic heterocycles. The molecular formula is C90H90BN3S. The molecule has 5 heteroatoms. The fourth-order valence-electron chi connectivity index (χ4n) is 18.5. The molecule has 6 aliphatic rings. The summed E-state index contributed by atoms with van der Waals surface area (Å²) >= 11 is 1.96. The average molecular weight is 1260 g/mol. The van der Waals surface area contributed by atoms with Gasteiger partial charge in [0.15, 0.2) is 0 Å². The van der Waals surface area contributed by atoms with Crippen LogP contribution >= 0.6 is 11.3 Å². The van der Waals surface area contributed by atoms with E-state index in [2.05, 4.69) is 311 Å². The van der Waals surface area contributed by atoms with Crippen LogP contribution in [-0.2, 0) is 32.5 Å². The van der Waals surface area contributed by atoms with Crippen molar-refractivity contribution in [1.82, 2.24) is 0 Å². The molecule has 1 aromatic heterocycles. The first-order valence-corrected chi connectivity index (χ1v) is 36.0. The summed E-state index contributed by atoms with van der Waals surface area (Å²) in [6.07, 6.45) is 7.20. The molecule has 0 atom stereocenters. The van der Waals surface area contributed by atoms with Crippen molar-refractivity contribution >= 4 is 95.0 Å². The quantitative estimate of drug-likeness (QED) is 0.147. The highest BCUT2D eigenvalue weighted by Gasteiger charge is 2.60. The minimum Gasteiger partial charge on any atom is -0.311 e. The Morgan fingerprint density at radius 1 is 0.463 bits per heavy atom. The molecule has 3 nitrogen and oxygen atoms in total. The summed E-state index contributed by atoms with van der Waals surface area (Å²) in [6, 6.07) is 78.4. The molecule has 10 aromatic carbocycles. The Morgan fingerprint density at radius 2 is 1.04 bits per heavy atom. The first-order valence-electron chi connectivity index (χ1n) is 36.7. The summed E-state index contributed by atoms with van der Waals surface area (Å²) in [5.74, 6) is 1.14. The lowest BCUT2D eigenvalue weighted by atomic mass is 9.36. The molecule has 0 unspecified atom stereocenters. The summed E-state index contributed by atoms with van der Waals surface area (Å²) in [6.45, 7) is 27.8. The van der Waals surface area contributed by atoms with E-state index in [9.17, 15) is 4.11 Å². The maximum atomic E-state index is 9.74. The normalized spacial score (nSPS) is 20.0. The SMILES string of the molecule is [2H]C([2H])([2H])c1cc2c3c(c1)N(c1ccc4c(c1)C1(c5ccccc5-4)C4CCC1CC4)c1c(sc4cc5c(cc14)C(C)(C)CCC5(C)C)B3c1ccc(N(c3ccc(C(C)(C)C)cc3)c3ccccc3-c3ccccc3)cc1N2c1ccccc1-c1cc(C(C)(C)C)cc(C(C)(C)C)c1. The van der Waals surface area contributed by atoms with Gasteiger partial charge in [0.1, 0.15) is 0 Å². The zero-order valence-corrected chi connectivity index (χ0v) is 58.7. The van der Waals surface area contributed by atoms with Crippen LogP contribution in [0.1, 0.15) is 177 Å². The largest absolute Gasteiger partial charge is 0.311 e. The van der Waals surface area contributed by atoms with E-state index in [0.29, 0.717) is 17.4 Å². The monoisotopic (exact) mass is 1260 g/mol. The van der Waals surface area contributed by atoms with E-state index in [-0.39, 0.29) is 39.2 Å². The van der Waals surface area contributed by atoms with Crippen LogP contribution in [0.2, 0.25) is 0 Å². The van der Waals surface area contributed by atoms with Crippen molar-refractivity contribution in [2.45, 2.75) is 168 Å². The van der Waals surface area contributed by atoms with Crippen LogP contribution < -0.4 is 30.4 Å². The van der Waals surface area contributed by atoms with E-state index in [1.165, 1.54) is 102 Å². The Balaban J connectivity index is 0.995. The number of hydrogen-bond acceptors (Lipinski definition) is 4. The molecule has 17 rings (SSSR count). The molecule has 2 bridgehead atoms. The first-order chi connectivity index (χ1) is 46.6. The number of anilines is 9. The molecule has 2 saturated carbocycles. The van der Waals surface area contributed by atoms with Gasteiger partial charge in [0, 0.05) is 69.6 Å². The van der Waals surface area contributed by atoms with Gasteiger partial charge in [-0.2, -0.15) is 0 Å². The molecule has 4 aliphatic carbocycles. The lowest BCUT2D eigenvalue weighted by molar-refractivity contribution is 0.332. The van der Waals surface area contributed by atoms with E-state index < -0.39 is 6.85 Å². The maximum absolute atomic E-state index is 9.74. The van der Waals surface area contributed by atoms with Crippen LogP contribution in [0.5, 0.6) is 0 Å². The minimum absolute atomic E-state index is 0.0161. The van der Waals surface area contributed by atoms with Gasteiger partial charge >= 0.3 is 0 Å². The highest BCUT2D eigenvalue weighted by atomic mass is 32.1. The molecule has 0 radical (unpaired) electrons. The second-order valence-corrected chi connectivity index (χ2v) is 34.4. The third-order valence-electron chi connectivity index (χ3n) is 23.6. The molecule has 0 saturated heterocycles. The highest BCUT2D eigenvalue weighted by Crippen LogP contribution is 2.68. The highest BCUT2D eigenvalue weighted by molar-refractivity contribution is 7.33. The molecular weight excluding hydrogens is 1170 g/mol. The number of thiophene rings is 1. The molecule has 11 aromatic rings. The Bertz CT molecular complexity index is 5040.